The van der Waals surface area contributed by atoms with Crippen molar-refractivity contribution in [3.63, 3.8) is 0 Å². The van der Waals surface area contributed by atoms with Crippen LogP contribution in [0.1, 0.15) is 32.9 Å². The molecule has 3 amide bonds. The lowest BCUT2D eigenvalue weighted by molar-refractivity contribution is -0.124. The van der Waals surface area contributed by atoms with Crippen molar-refractivity contribution in [3.05, 3.63) is 64.9 Å². The molecule has 1 aromatic carbocycles. The van der Waals surface area contributed by atoms with Gasteiger partial charge in [0.1, 0.15) is 11.8 Å². The molecule has 0 bridgehead atoms. The fourth-order valence-electron chi connectivity index (χ4n) is 3.64. The van der Waals surface area contributed by atoms with Crippen molar-refractivity contribution in [2.24, 2.45) is 5.92 Å². The molecule has 1 aromatic heterocycles. The molecule has 8 heteroatoms. The van der Waals surface area contributed by atoms with Crippen molar-refractivity contribution in [1.82, 2.24) is 15.5 Å². The third-order valence-corrected chi connectivity index (χ3v) is 6.23. The maximum atomic E-state index is 12.8. The number of amides is 3. The number of thiophene rings is 1. The van der Waals surface area contributed by atoms with Gasteiger partial charge in [0.2, 0.25) is 5.91 Å². The smallest absolute Gasteiger partial charge is 0.263 e. The normalized spacial score (nSPS) is 15.1. The predicted molar refractivity (Wildman–Crippen MR) is 120 cm³/mol. The fraction of sp³-hybridized carbons (Fsp3) is 0.348. The molecule has 1 aliphatic heterocycles. The lowest BCUT2D eigenvalue weighted by Crippen LogP contribution is -2.53. The van der Waals surface area contributed by atoms with Gasteiger partial charge in [0, 0.05) is 25.2 Å². The Bertz CT molecular complexity index is 903. The number of likely N-dealkylation sites (tertiary alicyclic amines) is 1. The van der Waals surface area contributed by atoms with Crippen molar-refractivity contribution in [1.29, 1.82) is 0 Å². The molecular formula is C23H27N3O4S. The van der Waals surface area contributed by atoms with E-state index in [4.69, 9.17) is 4.74 Å². The Morgan fingerprint density at radius 2 is 1.94 bits per heavy atom. The minimum Gasteiger partial charge on any atom is -0.497 e. The number of nitrogens with one attached hydrogen (secondary N) is 2. The van der Waals surface area contributed by atoms with Gasteiger partial charge < -0.3 is 20.3 Å². The molecule has 1 saturated heterocycles. The number of rotatable bonds is 8. The predicted octanol–water partition coefficient (Wildman–Crippen LogP) is 2.71. The molecule has 2 N–H and O–H groups in total. The molecule has 0 saturated carbocycles. The zero-order valence-electron chi connectivity index (χ0n) is 17.5. The maximum absolute atomic E-state index is 12.8. The lowest BCUT2D eigenvalue weighted by atomic mass is 9.88. The number of carbonyl (C=O) groups excluding carboxylic acids is 3. The van der Waals surface area contributed by atoms with Crippen LogP contribution in [0.2, 0.25) is 0 Å². The standard InChI is InChI=1S/C23H27N3O4S/c1-3-12-24-22(28)20(25-21(27)17-6-8-18(30-2)9-7-17)16-10-13-26(14-11-16)23(29)19-5-4-15-31-19/h3-9,15-16,20H,1,10-14H2,2H3,(H,24,28)(H,25,27). The van der Waals surface area contributed by atoms with E-state index in [1.807, 2.05) is 22.4 Å². The molecule has 0 spiro atoms. The monoisotopic (exact) mass is 441 g/mol. The molecular weight excluding hydrogens is 414 g/mol. The Morgan fingerprint density at radius 3 is 2.52 bits per heavy atom. The number of methoxy groups -OCH3 is 1. The number of hydrogen-bond acceptors (Lipinski definition) is 5. The van der Waals surface area contributed by atoms with E-state index in [0.717, 1.165) is 0 Å². The van der Waals surface area contributed by atoms with Crippen molar-refractivity contribution in [2.45, 2.75) is 18.9 Å². The average molecular weight is 442 g/mol. The van der Waals surface area contributed by atoms with E-state index >= 15 is 0 Å². The molecule has 31 heavy (non-hydrogen) atoms. The molecule has 164 valence electrons. The van der Waals surface area contributed by atoms with Crippen molar-refractivity contribution in [3.8, 4) is 5.75 Å². The number of nitrogens with zero attached hydrogens (tertiary/aromatic N) is 1. The highest BCUT2D eigenvalue weighted by molar-refractivity contribution is 7.12. The van der Waals surface area contributed by atoms with Gasteiger partial charge in [-0.25, -0.2) is 0 Å². The first-order valence-corrected chi connectivity index (χ1v) is 11.1. The van der Waals surface area contributed by atoms with Gasteiger partial charge in [0.25, 0.3) is 11.8 Å². The van der Waals surface area contributed by atoms with Crippen LogP contribution in [0.25, 0.3) is 0 Å². The van der Waals surface area contributed by atoms with E-state index in [-0.39, 0.29) is 23.6 Å². The van der Waals surface area contributed by atoms with E-state index < -0.39 is 6.04 Å². The van der Waals surface area contributed by atoms with Gasteiger partial charge >= 0.3 is 0 Å². The Labute approximate surface area is 186 Å². The van der Waals surface area contributed by atoms with Gasteiger partial charge in [-0.1, -0.05) is 12.1 Å². The molecule has 0 radical (unpaired) electrons. The molecule has 1 aliphatic rings. The zero-order valence-corrected chi connectivity index (χ0v) is 18.3. The molecule has 2 aromatic rings. The van der Waals surface area contributed by atoms with Crippen LogP contribution in [-0.4, -0.2) is 55.4 Å². The summed E-state index contributed by atoms with van der Waals surface area (Å²) in [5.41, 5.74) is 0.452. The second-order valence-corrected chi connectivity index (χ2v) is 8.27. The highest BCUT2D eigenvalue weighted by Crippen LogP contribution is 2.24. The first-order chi connectivity index (χ1) is 15.0. The van der Waals surface area contributed by atoms with E-state index in [1.165, 1.54) is 11.3 Å². The Balaban J connectivity index is 1.67. The quantitative estimate of drug-likeness (QED) is 0.617. The number of hydrogen-bond donors (Lipinski definition) is 2. The zero-order chi connectivity index (χ0) is 22.2. The van der Waals surface area contributed by atoms with Crippen LogP contribution in [0.3, 0.4) is 0 Å². The van der Waals surface area contributed by atoms with Crippen LogP contribution in [0.5, 0.6) is 5.75 Å². The third-order valence-electron chi connectivity index (χ3n) is 5.37. The largest absolute Gasteiger partial charge is 0.497 e. The summed E-state index contributed by atoms with van der Waals surface area (Å²) in [6.07, 6.45) is 2.86. The molecule has 7 nitrogen and oxygen atoms in total. The second-order valence-electron chi connectivity index (χ2n) is 7.32. The van der Waals surface area contributed by atoms with Crippen LogP contribution in [0.4, 0.5) is 0 Å². The lowest BCUT2D eigenvalue weighted by Gasteiger charge is -2.35. The first kappa shape index (κ1) is 22.6. The molecule has 0 aliphatic carbocycles. The third kappa shape index (κ3) is 5.73. The number of piperidine rings is 1. The van der Waals surface area contributed by atoms with Crippen LogP contribution < -0.4 is 15.4 Å². The summed E-state index contributed by atoms with van der Waals surface area (Å²) in [7, 11) is 1.56. The van der Waals surface area contributed by atoms with Gasteiger partial charge in [-0.05, 0) is 54.5 Å². The summed E-state index contributed by atoms with van der Waals surface area (Å²) >= 11 is 1.42. The van der Waals surface area contributed by atoms with Crippen LogP contribution >= 0.6 is 11.3 Å². The van der Waals surface area contributed by atoms with Gasteiger partial charge in [0.15, 0.2) is 0 Å². The highest BCUT2D eigenvalue weighted by atomic mass is 32.1. The van der Waals surface area contributed by atoms with E-state index in [9.17, 15) is 14.4 Å². The molecule has 1 unspecified atom stereocenters. The molecule has 2 heterocycles. The number of benzene rings is 1. The van der Waals surface area contributed by atoms with Crippen molar-refractivity contribution >= 4 is 29.1 Å². The Hall–Kier alpha value is -3.13. The van der Waals surface area contributed by atoms with E-state index in [0.29, 0.717) is 48.7 Å². The van der Waals surface area contributed by atoms with Crippen molar-refractivity contribution in [2.75, 3.05) is 26.7 Å². The number of carbonyl (C=O) groups is 3. The summed E-state index contributed by atoms with van der Waals surface area (Å²) in [5, 5.41) is 7.57. The molecule has 1 atom stereocenters. The van der Waals surface area contributed by atoms with Gasteiger partial charge in [-0.15, -0.1) is 17.9 Å². The maximum Gasteiger partial charge on any atom is 0.263 e. The van der Waals surface area contributed by atoms with E-state index in [2.05, 4.69) is 17.2 Å². The Kier molecular flexibility index (Phi) is 7.83. The SMILES string of the molecule is C=CCNC(=O)C(NC(=O)c1ccc(OC)cc1)C1CCN(C(=O)c2cccs2)CC1. The van der Waals surface area contributed by atoms with Gasteiger partial charge in [-0.2, -0.15) is 0 Å². The molecule has 3 rings (SSSR count). The topological polar surface area (TPSA) is 87.7 Å². The summed E-state index contributed by atoms with van der Waals surface area (Å²) in [6.45, 7) is 5.04. The average Bonchev–Trinajstić information content (AvgIpc) is 3.35. The minimum atomic E-state index is -0.687. The van der Waals surface area contributed by atoms with E-state index in [1.54, 1.807) is 37.5 Å². The first-order valence-electron chi connectivity index (χ1n) is 10.2. The van der Waals surface area contributed by atoms with Crippen molar-refractivity contribution < 1.29 is 19.1 Å². The summed E-state index contributed by atoms with van der Waals surface area (Å²) in [5.74, 6) is 0.0330. The van der Waals surface area contributed by atoms with Crippen LogP contribution in [-0.2, 0) is 4.79 Å². The van der Waals surface area contributed by atoms with Crippen LogP contribution in [0, 0.1) is 5.92 Å². The fourth-order valence-corrected chi connectivity index (χ4v) is 4.33. The van der Waals surface area contributed by atoms with Crippen LogP contribution in [0.15, 0.2) is 54.4 Å². The summed E-state index contributed by atoms with van der Waals surface area (Å²) in [6, 6.07) is 9.73. The highest BCUT2D eigenvalue weighted by Gasteiger charge is 2.34. The number of ether oxygens (including phenoxy) is 1. The second kappa shape index (κ2) is 10.8. The Morgan fingerprint density at radius 1 is 1.23 bits per heavy atom. The summed E-state index contributed by atoms with van der Waals surface area (Å²) in [4.78, 5) is 40.7. The van der Waals surface area contributed by atoms with Gasteiger partial charge in [0.05, 0.1) is 12.0 Å². The minimum absolute atomic E-state index is 0.0170. The molecule has 1 fully saturated rings. The summed E-state index contributed by atoms with van der Waals surface area (Å²) < 4.78 is 5.13. The van der Waals surface area contributed by atoms with Gasteiger partial charge in [-0.3, -0.25) is 14.4 Å².